The number of anilines is 1. The van der Waals surface area contributed by atoms with Crippen LogP contribution in [0.15, 0.2) is 52.1 Å². The van der Waals surface area contributed by atoms with Gasteiger partial charge in [-0.1, -0.05) is 36.0 Å². The Morgan fingerprint density at radius 3 is 2.69 bits per heavy atom. The Morgan fingerprint density at radius 2 is 1.93 bits per heavy atom. The van der Waals surface area contributed by atoms with E-state index in [9.17, 15) is 9.18 Å². The summed E-state index contributed by atoms with van der Waals surface area (Å²) in [6, 6.07) is 12.0. The van der Waals surface area contributed by atoms with Crippen molar-refractivity contribution < 1.29 is 18.3 Å². The van der Waals surface area contributed by atoms with Crippen molar-refractivity contribution in [2.24, 2.45) is 0 Å². The van der Waals surface area contributed by atoms with Crippen molar-refractivity contribution in [1.82, 2.24) is 10.2 Å². The summed E-state index contributed by atoms with van der Waals surface area (Å²) in [5, 5.41) is 10.6. The van der Waals surface area contributed by atoms with Crippen molar-refractivity contribution in [2.45, 2.75) is 44.3 Å². The summed E-state index contributed by atoms with van der Waals surface area (Å²) in [7, 11) is 0. The second-order valence-corrected chi connectivity index (χ2v) is 7.96. The second kappa shape index (κ2) is 9.09. The van der Waals surface area contributed by atoms with E-state index < -0.39 is 17.2 Å². The van der Waals surface area contributed by atoms with E-state index in [1.165, 1.54) is 12.1 Å². The van der Waals surface area contributed by atoms with Crippen LogP contribution in [0, 0.1) is 19.7 Å². The summed E-state index contributed by atoms with van der Waals surface area (Å²) in [6.45, 7) is 7.35. The molecule has 0 aliphatic heterocycles. The highest BCUT2D eigenvalue weighted by Gasteiger charge is 2.22. The fourth-order valence-electron chi connectivity index (χ4n) is 2.52. The second-order valence-electron chi connectivity index (χ2n) is 6.66. The van der Waals surface area contributed by atoms with Gasteiger partial charge in [-0.15, -0.1) is 10.2 Å². The lowest BCUT2D eigenvalue weighted by Crippen LogP contribution is -2.22. The Kier molecular flexibility index (Phi) is 6.53. The predicted octanol–water partition coefficient (Wildman–Crippen LogP) is 5.08. The van der Waals surface area contributed by atoms with E-state index >= 15 is 0 Å². The van der Waals surface area contributed by atoms with Gasteiger partial charge < -0.3 is 14.5 Å². The molecule has 0 saturated carbocycles. The molecule has 2 aromatic carbocycles. The lowest BCUT2D eigenvalue weighted by Gasteiger charge is -2.13. The molecule has 152 valence electrons. The zero-order chi connectivity index (χ0) is 21.0. The summed E-state index contributed by atoms with van der Waals surface area (Å²) in [6.07, 6.45) is -0.632. The third-order valence-electron chi connectivity index (χ3n) is 4.21. The summed E-state index contributed by atoms with van der Waals surface area (Å²) in [4.78, 5) is 12.5. The fraction of sp³-hybridized carbons (Fsp3) is 0.286. The summed E-state index contributed by atoms with van der Waals surface area (Å²) in [5.41, 5.74) is 2.83. The Morgan fingerprint density at radius 1 is 1.17 bits per heavy atom. The Hall–Kier alpha value is -2.87. The van der Waals surface area contributed by atoms with Crippen LogP contribution in [0.4, 0.5) is 10.1 Å². The highest BCUT2D eigenvalue weighted by Crippen LogP contribution is 2.28. The number of amides is 1. The number of nitrogens with zero attached hydrogens (tertiary/aromatic N) is 2. The molecule has 29 heavy (non-hydrogen) atoms. The van der Waals surface area contributed by atoms with Gasteiger partial charge in [-0.3, -0.25) is 4.79 Å². The van der Waals surface area contributed by atoms with Gasteiger partial charge in [0.1, 0.15) is 0 Å². The Labute approximate surface area is 172 Å². The van der Waals surface area contributed by atoms with Crippen LogP contribution in [0.5, 0.6) is 5.75 Å². The van der Waals surface area contributed by atoms with Crippen LogP contribution < -0.4 is 10.1 Å². The molecule has 0 bridgehead atoms. The number of ether oxygens (including phenoxy) is 1. The number of carbonyl (C=O) groups excluding carboxylic acids is 1. The molecule has 0 saturated heterocycles. The summed E-state index contributed by atoms with van der Waals surface area (Å²) < 4.78 is 24.8. The molecule has 1 N–H and O–H groups in total. The molecule has 1 aromatic heterocycles. The molecular weight excluding hydrogens is 393 g/mol. The molecule has 3 aromatic rings. The minimum absolute atomic E-state index is 0.105. The molecule has 1 heterocycles. The molecule has 0 spiro atoms. The Balaban J connectivity index is 1.61. The molecule has 0 fully saturated rings. The molecule has 2 atom stereocenters. The van der Waals surface area contributed by atoms with Crippen molar-refractivity contribution in [3.63, 3.8) is 0 Å². The third kappa shape index (κ3) is 5.35. The van der Waals surface area contributed by atoms with Gasteiger partial charge >= 0.3 is 0 Å². The smallest absolute Gasteiger partial charge is 0.277 e. The van der Waals surface area contributed by atoms with Gasteiger partial charge in [-0.2, -0.15) is 0 Å². The standard InChI is InChI=1S/C21H22FN3O3S/c1-12-9-10-13(2)17(11-12)23-19(26)15(4)29-21-25-24-20(28-21)14(3)27-18-8-6-5-7-16(18)22/h5-11,14-15H,1-4H3,(H,23,26)/t14-,15+/m0/s1. The zero-order valence-corrected chi connectivity index (χ0v) is 17.4. The number of nitrogens with one attached hydrogen (secondary N) is 1. The molecule has 3 rings (SSSR count). The first-order chi connectivity index (χ1) is 13.8. The van der Waals surface area contributed by atoms with Gasteiger partial charge in [-0.05, 0) is 57.0 Å². The predicted molar refractivity (Wildman–Crippen MR) is 110 cm³/mol. The number of rotatable bonds is 7. The van der Waals surface area contributed by atoms with E-state index in [0.29, 0.717) is 0 Å². The number of thioether (sulfide) groups is 1. The molecule has 0 unspecified atom stereocenters. The molecule has 1 amide bonds. The first-order valence-corrected chi connectivity index (χ1v) is 10.0. The molecule has 0 aliphatic rings. The lowest BCUT2D eigenvalue weighted by molar-refractivity contribution is -0.115. The number of halogens is 1. The van der Waals surface area contributed by atoms with E-state index in [2.05, 4.69) is 15.5 Å². The van der Waals surface area contributed by atoms with Crippen LogP contribution >= 0.6 is 11.8 Å². The lowest BCUT2D eigenvalue weighted by atomic mass is 10.1. The largest absolute Gasteiger partial charge is 0.478 e. The van der Waals surface area contributed by atoms with Gasteiger partial charge in [0.05, 0.1) is 5.25 Å². The topological polar surface area (TPSA) is 77.2 Å². The van der Waals surface area contributed by atoms with Crippen molar-refractivity contribution in [3.8, 4) is 5.75 Å². The summed E-state index contributed by atoms with van der Waals surface area (Å²) in [5.74, 6) is -0.323. The highest BCUT2D eigenvalue weighted by molar-refractivity contribution is 8.00. The van der Waals surface area contributed by atoms with E-state index in [4.69, 9.17) is 9.15 Å². The number of hydrogen-bond acceptors (Lipinski definition) is 6. The van der Waals surface area contributed by atoms with E-state index in [0.717, 1.165) is 28.6 Å². The first-order valence-electron chi connectivity index (χ1n) is 9.13. The third-order valence-corrected chi connectivity index (χ3v) is 5.14. The van der Waals surface area contributed by atoms with Crippen molar-refractivity contribution in [1.29, 1.82) is 0 Å². The SMILES string of the molecule is Cc1ccc(C)c(NC(=O)[C@@H](C)Sc2nnc([C@H](C)Oc3ccccc3F)o2)c1. The maximum absolute atomic E-state index is 13.7. The molecule has 0 radical (unpaired) electrons. The van der Waals surface area contributed by atoms with Crippen LogP contribution in [0.25, 0.3) is 0 Å². The van der Waals surface area contributed by atoms with Gasteiger partial charge in [-0.25, -0.2) is 4.39 Å². The maximum Gasteiger partial charge on any atom is 0.277 e. The quantitative estimate of drug-likeness (QED) is 0.542. The van der Waals surface area contributed by atoms with Gasteiger partial charge in [0.15, 0.2) is 17.7 Å². The average Bonchev–Trinajstić information content (AvgIpc) is 3.15. The van der Waals surface area contributed by atoms with Gasteiger partial charge in [0, 0.05) is 5.69 Å². The number of aromatic nitrogens is 2. The molecule has 0 aliphatic carbocycles. The molecular formula is C21H22FN3O3S. The van der Waals surface area contributed by atoms with E-state index in [1.807, 2.05) is 32.0 Å². The van der Waals surface area contributed by atoms with Crippen molar-refractivity contribution >= 4 is 23.4 Å². The van der Waals surface area contributed by atoms with Crippen LogP contribution in [0.3, 0.4) is 0 Å². The van der Waals surface area contributed by atoms with Crippen LogP contribution in [0.1, 0.15) is 37.0 Å². The van der Waals surface area contributed by atoms with E-state index in [1.54, 1.807) is 26.0 Å². The number of aryl methyl sites for hydroxylation is 2. The van der Waals surface area contributed by atoms with E-state index in [-0.39, 0.29) is 22.8 Å². The Bertz CT molecular complexity index is 1010. The highest BCUT2D eigenvalue weighted by atomic mass is 32.2. The van der Waals surface area contributed by atoms with Gasteiger partial charge in [0.2, 0.25) is 5.91 Å². The normalized spacial score (nSPS) is 13.0. The minimum atomic E-state index is -0.632. The monoisotopic (exact) mass is 415 g/mol. The minimum Gasteiger partial charge on any atom is -0.478 e. The van der Waals surface area contributed by atoms with Crippen molar-refractivity contribution in [2.75, 3.05) is 5.32 Å². The summed E-state index contributed by atoms with van der Waals surface area (Å²) >= 11 is 1.15. The number of benzene rings is 2. The van der Waals surface area contributed by atoms with Crippen LogP contribution in [0.2, 0.25) is 0 Å². The maximum atomic E-state index is 13.7. The average molecular weight is 415 g/mol. The molecule has 8 heteroatoms. The van der Waals surface area contributed by atoms with Crippen LogP contribution in [-0.4, -0.2) is 21.4 Å². The first kappa shape index (κ1) is 20.9. The number of para-hydroxylation sites is 1. The number of carbonyl (C=O) groups is 1. The zero-order valence-electron chi connectivity index (χ0n) is 16.6. The van der Waals surface area contributed by atoms with Crippen molar-refractivity contribution in [3.05, 3.63) is 65.3 Å². The van der Waals surface area contributed by atoms with Gasteiger partial charge in [0.25, 0.3) is 11.1 Å². The fourth-order valence-corrected chi connectivity index (χ4v) is 3.21. The number of hydrogen-bond donors (Lipinski definition) is 1. The molecule has 6 nitrogen and oxygen atoms in total. The van der Waals surface area contributed by atoms with Crippen LogP contribution in [-0.2, 0) is 4.79 Å².